The summed E-state index contributed by atoms with van der Waals surface area (Å²) in [5.74, 6) is 1.58. The van der Waals surface area contributed by atoms with E-state index in [0.717, 1.165) is 70.7 Å². The highest BCUT2D eigenvalue weighted by Gasteiger charge is 2.25. The molecule has 2 atom stereocenters. The van der Waals surface area contributed by atoms with Crippen LogP contribution in [0.25, 0.3) is 0 Å². The van der Waals surface area contributed by atoms with Crippen molar-refractivity contribution in [2.24, 2.45) is 11.8 Å². The minimum atomic E-state index is -0.000337. The van der Waals surface area contributed by atoms with Gasteiger partial charge in [0.25, 0.3) is 0 Å². The Labute approximate surface area is 164 Å². The van der Waals surface area contributed by atoms with E-state index in [2.05, 4.69) is 20.9 Å². The van der Waals surface area contributed by atoms with Gasteiger partial charge in [0.15, 0.2) is 0 Å². The molecule has 3 N–H and O–H groups in total. The molecule has 2 saturated heterocycles. The fourth-order valence-electron chi connectivity index (χ4n) is 4.89. The van der Waals surface area contributed by atoms with Crippen molar-refractivity contribution >= 4 is 11.8 Å². The van der Waals surface area contributed by atoms with Gasteiger partial charge in [-0.2, -0.15) is 0 Å². The molecule has 2 unspecified atom stereocenters. The zero-order valence-corrected chi connectivity index (χ0v) is 16.8. The Morgan fingerprint density at radius 3 is 2.52 bits per heavy atom. The summed E-state index contributed by atoms with van der Waals surface area (Å²) in [4.78, 5) is 26.7. The maximum Gasteiger partial charge on any atom is 0.237 e. The number of hydrogen-bond donors (Lipinski definition) is 3. The van der Waals surface area contributed by atoms with Gasteiger partial charge in [-0.15, -0.1) is 0 Å². The Kier molecular flexibility index (Phi) is 8.39. The quantitative estimate of drug-likeness (QED) is 0.601. The first-order valence-corrected chi connectivity index (χ1v) is 11.2. The van der Waals surface area contributed by atoms with Crippen LogP contribution >= 0.6 is 0 Å². The summed E-state index contributed by atoms with van der Waals surface area (Å²) in [6, 6.07) is -0.000337. The summed E-state index contributed by atoms with van der Waals surface area (Å²) in [6.45, 7) is 4.91. The lowest BCUT2D eigenvalue weighted by molar-refractivity contribution is -0.124. The van der Waals surface area contributed by atoms with Crippen molar-refractivity contribution in [3.05, 3.63) is 0 Å². The number of nitrogens with zero attached hydrogens (tertiary/aromatic N) is 1. The van der Waals surface area contributed by atoms with Crippen molar-refractivity contribution < 1.29 is 9.59 Å². The molecule has 0 radical (unpaired) electrons. The first-order valence-electron chi connectivity index (χ1n) is 11.2. The van der Waals surface area contributed by atoms with Gasteiger partial charge in [0, 0.05) is 19.6 Å². The lowest BCUT2D eigenvalue weighted by atomic mass is 9.87. The molecule has 154 valence electrons. The molecule has 0 spiro atoms. The van der Waals surface area contributed by atoms with Crippen molar-refractivity contribution in [2.75, 3.05) is 39.3 Å². The van der Waals surface area contributed by atoms with E-state index in [1.54, 1.807) is 0 Å². The molecule has 2 heterocycles. The SMILES string of the molecule is O=C(CN1CCCC(CNC(=O)C2CCCN2)C1)NCCC1CCCCC1. The largest absolute Gasteiger partial charge is 0.355 e. The van der Waals surface area contributed by atoms with Crippen molar-refractivity contribution in [1.82, 2.24) is 20.9 Å². The number of amides is 2. The summed E-state index contributed by atoms with van der Waals surface area (Å²) in [5, 5.41) is 9.48. The Bertz CT molecular complexity index is 473. The Morgan fingerprint density at radius 2 is 1.74 bits per heavy atom. The molecule has 0 aromatic rings. The number of piperidine rings is 1. The fourth-order valence-corrected chi connectivity index (χ4v) is 4.89. The molecular weight excluding hydrogens is 340 g/mol. The molecular formula is C21H38N4O2. The second kappa shape index (κ2) is 11.0. The first-order chi connectivity index (χ1) is 13.2. The standard InChI is InChI=1S/C21H38N4O2/c26-20(23-12-10-17-6-2-1-3-7-17)16-25-13-5-8-18(15-25)14-24-21(27)19-9-4-11-22-19/h17-19,22H,1-16H2,(H,23,26)(H,24,27). The number of rotatable bonds is 8. The van der Waals surface area contributed by atoms with Crippen LogP contribution < -0.4 is 16.0 Å². The molecule has 1 saturated carbocycles. The normalized spacial score (nSPS) is 27.4. The number of hydrogen-bond acceptors (Lipinski definition) is 4. The van der Waals surface area contributed by atoms with E-state index in [-0.39, 0.29) is 17.9 Å². The Hall–Kier alpha value is -1.14. The van der Waals surface area contributed by atoms with E-state index in [0.29, 0.717) is 12.5 Å². The van der Waals surface area contributed by atoms with Gasteiger partial charge in [-0.25, -0.2) is 0 Å². The molecule has 1 aliphatic carbocycles. The third-order valence-electron chi connectivity index (χ3n) is 6.51. The van der Waals surface area contributed by atoms with Crippen molar-refractivity contribution in [2.45, 2.75) is 70.3 Å². The van der Waals surface area contributed by atoms with Crippen LogP contribution in [0.3, 0.4) is 0 Å². The molecule has 27 heavy (non-hydrogen) atoms. The van der Waals surface area contributed by atoms with Gasteiger partial charge in [0.2, 0.25) is 11.8 Å². The minimum absolute atomic E-state index is 0.000337. The maximum absolute atomic E-state index is 12.3. The topological polar surface area (TPSA) is 73.5 Å². The number of carbonyl (C=O) groups is 2. The van der Waals surface area contributed by atoms with Gasteiger partial charge in [0.1, 0.15) is 0 Å². The predicted octanol–water partition coefficient (Wildman–Crippen LogP) is 1.65. The van der Waals surface area contributed by atoms with E-state index in [1.807, 2.05) is 0 Å². The van der Waals surface area contributed by atoms with Crippen molar-refractivity contribution in [1.29, 1.82) is 0 Å². The molecule has 3 fully saturated rings. The maximum atomic E-state index is 12.3. The highest BCUT2D eigenvalue weighted by molar-refractivity contribution is 5.82. The van der Waals surface area contributed by atoms with Crippen LogP contribution in [-0.4, -0.2) is 62.0 Å². The summed E-state index contributed by atoms with van der Waals surface area (Å²) >= 11 is 0. The zero-order valence-electron chi connectivity index (χ0n) is 16.8. The van der Waals surface area contributed by atoms with Gasteiger partial charge in [-0.05, 0) is 57.0 Å². The second-order valence-electron chi connectivity index (χ2n) is 8.78. The number of likely N-dealkylation sites (tertiary alicyclic amines) is 1. The smallest absolute Gasteiger partial charge is 0.237 e. The van der Waals surface area contributed by atoms with Crippen molar-refractivity contribution in [3.8, 4) is 0 Å². The molecule has 2 amide bonds. The van der Waals surface area contributed by atoms with E-state index in [1.165, 1.54) is 32.1 Å². The van der Waals surface area contributed by atoms with E-state index in [4.69, 9.17) is 0 Å². The van der Waals surface area contributed by atoms with E-state index < -0.39 is 0 Å². The predicted molar refractivity (Wildman–Crippen MR) is 107 cm³/mol. The van der Waals surface area contributed by atoms with E-state index >= 15 is 0 Å². The highest BCUT2D eigenvalue weighted by atomic mass is 16.2. The van der Waals surface area contributed by atoms with Gasteiger partial charge in [-0.3, -0.25) is 14.5 Å². The summed E-state index contributed by atoms with van der Waals surface area (Å²) in [6.07, 6.45) is 12.2. The van der Waals surface area contributed by atoms with Crippen LogP contribution in [-0.2, 0) is 9.59 Å². The monoisotopic (exact) mass is 378 g/mol. The summed E-state index contributed by atoms with van der Waals surface area (Å²) in [5.41, 5.74) is 0. The third kappa shape index (κ3) is 7.07. The Balaban J connectivity index is 1.29. The van der Waals surface area contributed by atoms with Gasteiger partial charge in [-0.1, -0.05) is 32.1 Å². The number of carbonyl (C=O) groups excluding carboxylic acids is 2. The molecule has 3 aliphatic rings. The van der Waals surface area contributed by atoms with Crippen molar-refractivity contribution in [3.63, 3.8) is 0 Å². The molecule has 6 nitrogen and oxygen atoms in total. The minimum Gasteiger partial charge on any atom is -0.355 e. The highest BCUT2D eigenvalue weighted by Crippen LogP contribution is 2.25. The molecule has 0 bridgehead atoms. The number of nitrogens with one attached hydrogen (secondary N) is 3. The fraction of sp³-hybridized carbons (Fsp3) is 0.905. The molecule has 2 aliphatic heterocycles. The van der Waals surface area contributed by atoms with Crippen LogP contribution in [0, 0.1) is 11.8 Å². The summed E-state index contributed by atoms with van der Waals surface area (Å²) in [7, 11) is 0. The zero-order chi connectivity index (χ0) is 18.9. The molecule has 0 aromatic heterocycles. The lowest BCUT2D eigenvalue weighted by Gasteiger charge is -2.32. The lowest BCUT2D eigenvalue weighted by Crippen LogP contribution is -2.47. The van der Waals surface area contributed by atoms with Crippen LogP contribution in [0.1, 0.15) is 64.2 Å². The first kappa shape index (κ1) is 20.6. The van der Waals surface area contributed by atoms with Gasteiger partial charge in [0.05, 0.1) is 12.6 Å². The van der Waals surface area contributed by atoms with Crippen LogP contribution in [0.2, 0.25) is 0 Å². The second-order valence-corrected chi connectivity index (χ2v) is 8.78. The van der Waals surface area contributed by atoms with Gasteiger partial charge >= 0.3 is 0 Å². The average Bonchev–Trinajstić information content (AvgIpc) is 3.22. The van der Waals surface area contributed by atoms with Crippen LogP contribution in [0.4, 0.5) is 0 Å². The van der Waals surface area contributed by atoms with Crippen LogP contribution in [0.5, 0.6) is 0 Å². The third-order valence-corrected chi connectivity index (χ3v) is 6.51. The molecule has 0 aromatic carbocycles. The van der Waals surface area contributed by atoms with Gasteiger partial charge < -0.3 is 16.0 Å². The molecule has 3 rings (SSSR count). The van der Waals surface area contributed by atoms with Crippen LogP contribution in [0.15, 0.2) is 0 Å². The van der Waals surface area contributed by atoms with E-state index in [9.17, 15) is 9.59 Å². The molecule has 6 heteroatoms. The average molecular weight is 379 g/mol. The summed E-state index contributed by atoms with van der Waals surface area (Å²) < 4.78 is 0. The Morgan fingerprint density at radius 1 is 0.926 bits per heavy atom.